The molecule has 1 atom stereocenters. The fourth-order valence-corrected chi connectivity index (χ4v) is 1.60. The van der Waals surface area contributed by atoms with Gasteiger partial charge in [-0.2, -0.15) is 0 Å². The van der Waals surface area contributed by atoms with E-state index in [1.807, 2.05) is 24.3 Å². The van der Waals surface area contributed by atoms with Crippen LogP contribution in [0.4, 0.5) is 0 Å². The van der Waals surface area contributed by atoms with Crippen molar-refractivity contribution in [1.82, 2.24) is 5.32 Å². The number of ether oxygens (including phenoxy) is 2. The molecular weight excluding hydrogens is 218 g/mol. The Balaban J connectivity index is 2.76. The van der Waals surface area contributed by atoms with Gasteiger partial charge in [0.1, 0.15) is 6.10 Å². The molecule has 4 heteroatoms. The summed E-state index contributed by atoms with van der Waals surface area (Å²) in [5.74, 6) is 0.0831. The first-order valence-corrected chi connectivity index (χ1v) is 5.52. The molecule has 0 saturated heterocycles. The minimum absolute atomic E-state index is 0.0831. The highest BCUT2D eigenvalue weighted by atomic mass is 16.5. The van der Waals surface area contributed by atoms with E-state index in [0.29, 0.717) is 18.7 Å². The molecule has 0 aliphatic rings. The Hall–Kier alpha value is -1.23. The van der Waals surface area contributed by atoms with Crippen LogP contribution < -0.4 is 5.32 Å². The standard InChI is InChI=1S/C13H19NO3/c1-14-8-12(15)10-4-6-11(7-5-10)13(17-3)9-16-2/h4-7,13-14H,8-9H2,1-3H3. The minimum Gasteiger partial charge on any atom is -0.382 e. The van der Waals surface area contributed by atoms with Crippen LogP contribution in [0.25, 0.3) is 0 Å². The summed E-state index contributed by atoms with van der Waals surface area (Å²) >= 11 is 0. The quantitative estimate of drug-likeness (QED) is 0.729. The highest BCUT2D eigenvalue weighted by molar-refractivity contribution is 5.97. The Morgan fingerprint density at radius 1 is 1.29 bits per heavy atom. The smallest absolute Gasteiger partial charge is 0.176 e. The number of hydrogen-bond donors (Lipinski definition) is 1. The maximum Gasteiger partial charge on any atom is 0.176 e. The molecule has 0 aliphatic heterocycles. The van der Waals surface area contributed by atoms with Crippen LogP contribution in [-0.2, 0) is 9.47 Å². The van der Waals surface area contributed by atoms with Crippen LogP contribution in [0.2, 0.25) is 0 Å². The molecule has 17 heavy (non-hydrogen) atoms. The van der Waals surface area contributed by atoms with E-state index in [1.54, 1.807) is 21.3 Å². The lowest BCUT2D eigenvalue weighted by molar-refractivity contribution is 0.0275. The van der Waals surface area contributed by atoms with Gasteiger partial charge in [0.2, 0.25) is 0 Å². The highest BCUT2D eigenvalue weighted by Gasteiger charge is 2.11. The molecule has 0 amide bonds. The number of nitrogens with one attached hydrogen (secondary N) is 1. The van der Waals surface area contributed by atoms with Crippen molar-refractivity contribution in [2.24, 2.45) is 0 Å². The zero-order chi connectivity index (χ0) is 12.7. The summed E-state index contributed by atoms with van der Waals surface area (Å²) in [6.07, 6.45) is -0.0894. The van der Waals surface area contributed by atoms with Gasteiger partial charge in [0, 0.05) is 19.8 Å². The van der Waals surface area contributed by atoms with Crippen molar-refractivity contribution in [3.05, 3.63) is 35.4 Å². The fraction of sp³-hybridized carbons (Fsp3) is 0.462. The van der Waals surface area contributed by atoms with Gasteiger partial charge in [-0.05, 0) is 12.6 Å². The van der Waals surface area contributed by atoms with Crippen molar-refractivity contribution in [2.75, 3.05) is 34.4 Å². The summed E-state index contributed by atoms with van der Waals surface area (Å²) in [6, 6.07) is 7.43. The summed E-state index contributed by atoms with van der Waals surface area (Å²) < 4.78 is 10.4. The topological polar surface area (TPSA) is 47.6 Å². The molecule has 1 rings (SSSR count). The second kappa shape index (κ2) is 7.17. The highest BCUT2D eigenvalue weighted by Crippen LogP contribution is 2.17. The van der Waals surface area contributed by atoms with Gasteiger partial charge < -0.3 is 14.8 Å². The number of likely N-dealkylation sites (N-methyl/N-ethyl adjacent to an activating group) is 1. The number of rotatable bonds is 7. The SMILES string of the molecule is CNCC(=O)c1ccc(C(COC)OC)cc1. The van der Waals surface area contributed by atoms with Gasteiger partial charge in [-0.3, -0.25) is 4.79 Å². The zero-order valence-corrected chi connectivity index (χ0v) is 10.5. The van der Waals surface area contributed by atoms with Gasteiger partial charge in [0.15, 0.2) is 5.78 Å². The molecule has 0 spiro atoms. The molecule has 94 valence electrons. The van der Waals surface area contributed by atoms with Gasteiger partial charge in [-0.1, -0.05) is 24.3 Å². The van der Waals surface area contributed by atoms with E-state index < -0.39 is 0 Å². The van der Waals surface area contributed by atoms with Gasteiger partial charge in [0.05, 0.1) is 13.2 Å². The molecule has 0 aromatic heterocycles. The van der Waals surface area contributed by atoms with Crippen LogP contribution in [0.1, 0.15) is 22.0 Å². The number of ketones is 1. The summed E-state index contributed by atoms with van der Waals surface area (Å²) in [7, 11) is 5.03. The largest absolute Gasteiger partial charge is 0.382 e. The lowest BCUT2D eigenvalue weighted by Gasteiger charge is -2.14. The third-order valence-electron chi connectivity index (χ3n) is 2.54. The Kier molecular flexibility index (Phi) is 5.83. The molecule has 0 aliphatic carbocycles. The Labute approximate surface area is 102 Å². The van der Waals surface area contributed by atoms with Crippen molar-refractivity contribution in [3.63, 3.8) is 0 Å². The van der Waals surface area contributed by atoms with Gasteiger partial charge in [0.25, 0.3) is 0 Å². The van der Waals surface area contributed by atoms with Crippen LogP contribution in [0.15, 0.2) is 24.3 Å². The molecular formula is C13H19NO3. The molecule has 1 unspecified atom stereocenters. The maximum atomic E-state index is 11.6. The Bertz CT molecular complexity index is 348. The minimum atomic E-state index is -0.0894. The van der Waals surface area contributed by atoms with Gasteiger partial charge in [-0.25, -0.2) is 0 Å². The molecule has 0 heterocycles. The van der Waals surface area contributed by atoms with Crippen LogP contribution in [0.3, 0.4) is 0 Å². The first-order valence-electron chi connectivity index (χ1n) is 5.52. The monoisotopic (exact) mass is 237 g/mol. The van der Waals surface area contributed by atoms with E-state index in [4.69, 9.17) is 9.47 Å². The maximum absolute atomic E-state index is 11.6. The number of carbonyl (C=O) groups excluding carboxylic acids is 1. The first-order chi connectivity index (χ1) is 8.22. The van der Waals surface area contributed by atoms with E-state index >= 15 is 0 Å². The number of methoxy groups -OCH3 is 2. The molecule has 4 nitrogen and oxygen atoms in total. The van der Waals surface area contributed by atoms with E-state index in [9.17, 15) is 4.79 Å². The van der Waals surface area contributed by atoms with Gasteiger partial charge >= 0.3 is 0 Å². The predicted molar refractivity (Wildman–Crippen MR) is 66.3 cm³/mol. The molecule has 0 bridgehead atoms. The van der Waals surface area contributed by atoms with Crippen molar-refractivity contribution >= 4 is 5.78 Å². The Morgan fingerprint density at radius 2 is 1.94 bits per heavy atom. The van der Waals surface area contributed by atoms with E-state index in [0.717, 1.165) is 5.56 Å². The van der Waals surface area contributed by atoms with Crippen LogP contribution in [0, 0.1) is 0 Å². The summed E-state index contributed by atoms with van der Waals surface area (Å²) in [5.41, 5.74) is 1.71. The lowest BCUT2D eigenvalue weighted by atomic mass is 10.0. The third kappa shape index (κ3) is 3.93. The van der Waals surface area contributed by atoms with Crippen molar-refractivity contribution in [2.45, 2.75) is 6.10 Å². The van der Waals surface area contributed by atoms with Crippen LogP contribution in [0.5, 0.6) is 0 Å². The molecule has 1 aromatic carbocycles. The molecule has 1 N–H and O–H groups in total. The summed E-state index contributed by atoms with van der Waals surface area (Å²) in [4.78, 5) is 11.6. The number of hydrogen-bond acceptors (Lipinski definition) is 4. The normalized spacial score (nSPS) is 12.4. The van der Waals surface area contributed by atoms with Crippen molar-refractivity contribution in [3.8, 4) is 0 Å². The number of carbonyl (C=O) groups is 1. The van der Waals surface area contributed by atoms with Crippen LogP contribution in [-0.4, -0.2) is 40.2 Å². The first kappa shape index (κ1) is 13.8. The average molecular weight is 237 g/mol. The molecule has 1 aromatic rings. The molecule has 0 radical (unpaired) electrons. The number of benzene rings is 1. The van der Waals surface area contributed by atoms with E-state index in [-0.39, 0.29) is 11.9 Å². The van der Waals surface area contributed by atoms with E-state index in [2.05, 4.69) is 5.32 Å². The fourth-order valence-electron chi connectivity index (χ4n) is 1.60. The second-order valence-electron chi connectivity index (χ2n) is 3.76. The lowest BCUT2D eigenvalue weighted by Crippen LogP contribution is -2.18. The van der Waals surface area contributed by atoms with Gasteiger partial charge in [-0.15, -0.1) is 0 Å². The second-order valence-corrected chi connectivity index (χ2v) is 3.76. The summed E-state index contributed by atoms with van der Waals surface area (Å²) in [6.45, 7) is 0.853. The zero-order valence-electron chi connectivity index (χ0n) is 10.5. The summed E-state index contributed by atoms with van der Waals surface area (Å²) in [5, 5.41) is 2.84. The van der Waals surface area contributed by atoms with Crippen molar-refractivity contribution in [1.29, 1.82) is 0 Å². The number of Topliss-reactive ketones (excluding diaryl/α,β-unsaturated/α-hetero) is 1. The van der Waals surface area contributed by atoms with Crippen LogP contribution >= 0.6 is 0 Å². The predicted octanol–water partition coefficient (Wildman–Crippen LogP) is 1.42. The van der Waals surface area contributed by atoms with E-state index in [1.165, 1.54) is 0 Å². The Morgan fingerprint density at radius 3 is 2.41 bits per heavy atom. The average Bonchev–Trinajstić information content (AvgIpc) is 2.36. The molecule has 0 fully saturated rings. The third-order valence-corrected chi connectivity index (χ3v) is 2.54. The molecule has 0 saturated carbocycles. The van der Waals surface area contributed by atoms with Crippen molar-refractivity contribution < 1.29 is 14.3 Å².